The van der Waals surface area contributed by atoms with Crippen molar-refractivity contribution in [1.29, 1.82) is 0 Å². The molecule has 0 aliphatic rings. The lowest BCUT2D eigenvalue weighted by atomic mass is 10.2. The molecular weight excluding hydrogens is 326 g/mol. The van der Waals surface area contributed by atoms with Crippen LogP contribution in [0, 0.1) is 6.92 Å². The Kier molecular flexibility index (Phi) is 6.50. The smallest absolute Gasteiger partial charge is 0.264 e. The maximum Gasteiger partial charge on any atom is 0.264 e. The van der Waals surface area contributed by atoms with Gasteiger partial charge in [-0.05, 0) is 57.2 Å². The first-order chi connectivity index (χ1) is 11.4. The van der Waals surface area contributed by atoms with Crippen LogP contribution in [0.4, 0.5) is 0 Å². The normalized spacial score (nSPS) is 11.9. The molecule has 5 heteroatoms. The molecule has 0 spiro atoms. The lowest BCUT2D eigenvalue weighted by Crippen LogP contribution is -2.44. The number of hydrogen-bond acceptors (Lipinski definition) is 3. The number of carbonyl (C=O) groups is 1. The molecule has 1 atom stereocenters. The second-order valence-electron chi connectivity index (χ2n) is 5.85. The highest BCUT2D eigenvalue weighted by Gasteiger charge is 2.22. The van der Waals surface area contributed by atoms with Crippen molar-refractivity contribution in [1.82, 2.24) is 5.32 Å². The van der Waals surface area contributed by atoms with Gasteiger partial charge in [-0.15, -0.1) is 0 Å². The standard InChI is InChI=1S/C19H22ClNO3/c1-13(2)21-19(22)18(24-17-8-4-14(3)5-9-17)12-23-16-10-6-15(20)7-11-16/h4-11,13,18H,12H2,1-3H3,(H,21,22). The van der Waals surface area contributed by atoms with Crippen molar-refractivity contribution in [2.75, 3.05) is 6.61 Å². The number of benzene rings is 2. The van der Waals surface area contributed by atoms with E-state index < -0.39 is 6.10 Å². The summed E-state index contributed by atoms with van der Waals surface area (Å²) in [5, 5.41) is 3.49. The van der Waals surface area contributed by atoms with Gasteiger partial charge in [-0.3, -0.25) is 4.79 Å². The number of halogens is 1. The van der Waals surface area contributed by atoms with Crippen molar-refractivity contribution < 1.29 is 14.3 Å². The third-order valence-electron chi connectivity index (χ3n) is 3.24. The lowest BCUT2D eigenvalue weighted by Gasteiger charge is -2.20. The molecule has 128 valence electrons. The number of nitrogens with one attached hydrogen (secondary N) is 1. The molecule has 0 heterocycles. The summed E-state index contributed by atoms with van der Waals surface area (Å²) < 4.78 is 11.5. The Morgan fingerprint density at radius 1 is 1.04 bits per heavy atom. The highest BCUT2D eigenvalue weighted by molar-refractivity contribution is 6.30. The van der Waals surface area contributed by atoms with E-state index in [1.807, 2.05) is 45.0 Å². The molecule has 2 aromatic carbocycles. The second-order valence-corrected chi connectivity index (χ2v) is 6.28. The maximum atomic E-state index is 12.4. The van der Waals surface area contributed by atoms with Gasteiger partial charge in [0.2, 0.25) is 6.10 Å². The van der Waals surface area contributed by atoms with Gasteiger partial charge in [0.1, 0.15) is 18.1 Å². The number of ether oxygens (including phenoxy) is 2. The van der Waals surface area contributed by atoms with Crippen molar-refractivity contribution in [2.45, 2.75) is 32.9 Å². The van der Waals surface area contributed by atoms with Crippen LogP contribution >= 0.6 is 11.6 Å². The number of rotatable bonds is 7. The van der Waals surface area contributed by atoms with E-state index in [2.05, 4.69) is 5.32 Å². The molecule has 0 aliphatic heterocycles. The molecule has 1 amide bonds. The van der Waals surface area contributed by atoms with E-state index in [1.165, 1.54) is 0 Å². The number of amides is 1. The van der Waals surface area contributed by atoms with Gasteiger partial charge in [0.25, 0.3) is 5.91 Å². The SMILES string of the molecule is Cc1ccc(OC(COc2ccc(Cl)cc2)C(=O)NC(C)C)cc1. The second kappa shape index (κ2) is 8.60. The first-order valence-electron chi connectivity index (χ1n) is 7.86. The molecule has 0 saturated carbocycles. The minimum Gasteiger partial charge on any atom is -0.489 e. The zero-order chi connectivity index (χ0) is 17.5. The Bertz CT molecular complexity index is 653. The third-order valence-corrected chi connectivity index (χ3v) is 3.49. The van der Waals surface area contributed by atoms with Crippen molar-refractivity contribution in [2.24, 2.45) is 0 Å². The summed E-state index contributed by atoms with van der Waals surface area (Å²) in [4.78, 5) is 12.4. The summed E-state index contributed by atoms with van der Waals surface area (Å²) in [6.45, 7) is 5.91. The Hall–Kier alpha value is -2.20. The van der Waals surface area contributed by atoms with Crippen LogP contribution < -0.4 is 14.8 Å². The Balaban J connectivity index is 2.05. The molecule has 0 bridgehead atoms. The molecule has 0 radical (unpaired) electrons. The van der Waals surface area contributed by atoms with Crippen LogP contribution in [0.5, 0.6) is 11.5 Å². The van der Waals surface area contributed by atoms with Gasteiger partial charge < -0.3 is 14.8 Å². The Morgan fingerprint density at radius 3 is 2.21 bits per heavy atom. The van der Waals surface area contributed by atoms with E-state index in [0.29, 0.717) is 16.5 Å². The van der Waals surface area contributed by atoms with E-state index in [9.17, 15) is 4.79 Å². The first-order valence-corrected chi connectivity index (χ1v) is 8.24. The van der Waals surface area contributed by atoms with E-state index in [4.69, 9.17) is 21.1 Å². The van der Waals surface area contributed by atoms with Crippen LogP contribution in [0.25, 0.3) is 0 Å². The third kappa shape index (κ3) is 5.78. The fourth-order valence-electron chi connectivity index (χ4n) is 2.02. The average Bonchev–Trinajstić information content (AvgIpc) is 2.54. The van der Waals surface area contributed by atoms with E-state index >= 15 is 0 Å². The summed E-state index contributed by atoms with van der Waals surface area (Å²) in [7, 11) is 0. The molecule has 0 aromatic heterocycles. The molecular formula is C19H22ClNO3. The summed E-state index contributed by atoms with van der Waals surface area (Å²) >= 11 is 5.86. The predicted octanol–water partition coefficient (Wildman–Crippen LogP) is 4.00. The minimum absolute atomic E-state index is 0.0251. The molecule has 4 nitrogen and oxygen atoms in total. The van der Waals surface area contributed by atoms with Crippen LogP contribution in [-0.2, 0) is 4.79 Å². The quantitative estimate of drug-likeness (QED) is 0.823. The van der Waals surface area contributed by atoms with Crippen molar-refractivity contribution >= 4 is 17.5 Å². The fraction of sp³-hybridized carbons (Fsp3) is 0.316. The van der Waals surface area contributed by atoms with Crippen LogP contribution in [0.15, 0.2) is 48.5 Å². The summed E-state index contributed by atoms with van der Waals surface area (Å²) in [6.07, 6.45) is -0.745. The fourth-order valence-corrected chi connectivity index (χ4v) is 2.15. The van der Waals surface area contributed by atoms with E-state index in [1.54, 1.807) is 24.3 Å². The molecule has 0 aliphatic carbocycles. The van der Waals surface area contributed by atoms with Gasteiger partial charge in [0.05, 0.1) is 0 Å². The number of aryl methyl sites for hydroxylation is 1. The molecule has 0 saturated heterocycles. The summed E-state index contributed by atoms with van der Waals surface area (Å²) in [5.74, 6) is 1.05. The van der Waals surface area contributed by atoms with Gasteiger partial charge in [-0.25, -0.2) is 0 Å². The highest BCUT2D eigenvalue weighted by atomic mass is 35.5. The van der Waals surface area contributed by atoms with E-state index in [0.717, 1.165) is 5.56 Å². The number of hydrogen-bond donors (Lipinski definition) is 1. The first kappa shape index (κ1) is 18.1. The van der Waals surface area contributed by atoms with Crippen LogP contribution in [0.1, 0.15) is 19.4 Å². The van der Waals surface area contributed by atoms with Crippen LogP contribution in [-0.4, -0.2) is 24.7 Å². The van der Waals surface area contributed by atoms with Crippen molar-refractivity contribution in [3.63, 3.8) is 0 Å². The van der Waals surface area contributed by atoms with Gasteiger partial charge in [0, 0.05) is 11.1 Å². The van der Waals surface area contributed by atoms with Crippen LogP contribution in [0.2, 0.25) is 5.02 Å². The Labute approximate surface area is 147 Å². The number of carbonyl (C=O) groups excluding carboxylic acids is 1. The monoisotopic (exact) mass is 347 g/mol. The molecule has 1 N–H and O–H groups in total. The Morgan fingerprint density at radius 2 is 1.62 bits per heavy atom. The van der Waals surface area contributed by atoms with Gasteiger partial charge in [-0.2, -0.15) is 0 Å². The molecule has 24 heavy (non-hydrogen) atoms. The van der Waals surface area contributed by atoms with Gasteiger partial charge >= 0.3 is 0 Å². The minimum atomic E-state index is -0.745. The van der Waals surface area contributed by atoms with Crippen molar-refractivity contribution in [3.8, 4) is 11.5 Å². The summed E-state index contributed by atoms with van der Waals surface area (Å²) in [5.41, 5.74) is 1.13. The molecule has 2 aromatic rings. The molecule has 1 unspecified atom stereocenters. The zero-order valence-corrected chi connectivity index (χ0v) is 14.8. The van der Waals surface area contributed by atoms with Gasteiger partial charge in [-0.1, -0.05) is 29.3 Å². The molecule has 2 rings (SSSR count). The van der Waals surface area contributed by atoms with Crippen molar-refractivity contribution in [3.05, 3.63) is 59.1 Å². The topological polar surface area (TPSA) is 47.6 Å². The highest BCUT2D eigenvalue weighted by Crippen LogP contribution is 2.17. The lowest BCUT2D eigenvalue weighted by molar-refractivity contribution is -0.129. The summed E-state index contributed by atoms with van der Waals surface area (Å²) in [6, 6.07) is 14.6. The largest absolute Gasteiger partial charge is 0.489 e. The maximum absolute atomic E-state index is 12.4. The molecule has 0 fully saturated rings. The zero-order valence-electron chi connectivity index (χ0n) is 14.1. The van der Waals surface area contributed by atoms with Crippen LogP contribution in [0.3, 0.4) is 0 Å². The van der Waals surface area contributed by atoms with E-state index in [-0.39, 0.29) is 18.6 Å². The van der Waals surface area contributed by atoms with Gasteiger partial charge in [0.15, 0.2) is 0 Å². The average molecular weight is 348 g/mol. The predicted molar refractivity (Wildman–Crippen MR) is 95.8 cm³/mol.